The van der Waals surface area contributed by atoms with Crippen LogP contribution >= 0.6 is 23.2 Å². The zero-order valence-electron chi connectivity index (χ0n) is 14.7. The molecule has 0 aliphatic heterocycles. The van der Waals surface area contributed by atoms with Gasteiger partial charge in [-0.05, 0) is 37.3 Å². The average Bonchev–Trinajstić information content (AvgIpc) is 3.04. The van der Waals surface area contributed by atoms with Gasteiger partial charge in [0.15, 0.2) is 12.3 Å². The van der Waals surface area contributed by atoms with Gasteiger partial charge in [-0.25, -0.2) is 4.98 Å². The van der Waals surface area contributed by atoms with Crippen molar-refractivity contribution in [3.05, 3.63) is 58.5 Å². The average molecular weight is 408 g/mol. The molecule has 0 radical (unpaired) electrons. The minimum atomic E-state index is -0.200. The third-order valence-corrected chi connectivity index (χ3v) is 4.22. The minimum absolute atomic E-state index is 0.0550. The number of amides is 1. The molecular formula is C19H19Cl2N3O3. The zero-order chi connectivity index (χ0) is 19.2. The van der Waals surface area contributed by atoms with Crippen LogP contribution in [0, 0.1) is 0 Å². The summed E-state index contributed by atoms with van der Waals surface area (Å²) in [6, 6.07) is 8.79. The van der Waals surface area contributed by atoms with Gasteiger partial charge in [0, 0.05) is 25.4 Å². The molecule has 3 aromatic rings. The number of carbonyl (C=O) groups is 1. The maximum atomic E-state index is 11.9. The van der Waals surface area contributed by atoms with Gasteiger partial charge in [-0.1, -0.05) is 23.2 Å². The van der Waals surface area contributed by atoms with Gasteiger partial charge >= 0.3 is 0 Å². The Kier molecular flexibility index (Phi) is 6.42. The number of pyridine rings is 1. The number of nitrogens with one attached hydrogen (secondary N) is 1. The van der Waals surface area contributed by atoms with Crippen LogP contribution in [0.2, 0.25) is 10.0 Å². The largest absolute Gasteiger partial charge is 0.494 e. The molecule has 2 heterocycles. The molecule has 0 saturated heterocycles. The molecule has 6 nitrogen and oxygen atoms in total. The van der Waals surface area contributed by atoms with Crippen molar-refractivity contribution in [1.29, 1.82) is 0 Å². The van der Waals surface area contributed by atoms with E-state index in [-0.39, 0.29) is 12.5 Å². The van der Waals surface area contributed by atoms with E-state index >= 15 is 0 Å². The molecular weight excluding hydrogens is 389 g/mol. The Bertz CT molecular complexity index is 926. The number of nitrogens with zero attached hydrogens (tertiary/aromatic N) is 2. The third-order valence-electron chi connectivity index (χ3n) is 3.73. The summed E-state index contributed by atoms with van der Waals surface area (Å²) in [5.74, 6) is 1.18. The van der Waals surface area contributed by atoms with E-state index in [1.165, 1.54) is 0 Å². The highest BCUT2D eigenvalue weighted by Gasteiger charge is 2.08. The lowest BCUT2D eigenvalue weighted by Gasteiger charge is -2.08. The van der Waals surface area contributed by atoms with Crippen LogP contribution in [0.25, 0.3) is 5.65 Å². The second-order valence-electron chi connectivity index (χ2n) is 5.76. The van der Waals surface area contributed by atoms with E-state index in [0.717, 1.165) is 11.4 Å². The molecule has 0 spiro atoms. The van der Waals surface area contributed by atoms with Crippen molar-refractivity contribution in [3.63, 3.8) is 0 Å². The lowest BCUT2D eigenvalue weighted by atomic mass is 10.3. The topological polar surface area (TPSA) is 64.9 Å². The van der Waals surface area contributed by atoms with E-state index in [4.69, 9.17) is 32.7 Å². The first-order chi connectivity index (χ1) is 13.0. The van der Waals surface area contributed by atoms with E-state index in [9.17, 15) is 4.79 Å². The Morgan fingerprint density at radius 1 is 1.15 bits per heavy atom. The summed E-state index contributed by atoms with van der Waals surface area (Å²) in [7, 11) is 0. The number of halogens is 2. The molecule has 0 atom stereocenters. The van der Waals surface area contributed by atoms with Gasteiger partial charge in [-0.2, -0.15) is 0 Å². The zero-order valence-corrected chi connectivity index (χ0v) is 16.3. The SMILES string of the molecule is CCOc1ccc(OCC(=O)NCCc2cn3cc(Cl)cc(Cl)c3n2)cc1. The van der Waals surface area contributed by atoms with E-state index in [0.29, 0.717) is 41.0 Å². The first-order valence-electron chi connectivity index (χ1n) is 8.50. The van der Waals surface area contributed by atoms with Crippen LogP contribution in [-0.4, -0.2) is 35.1 Å². The maximum Gasteiger partial charge on any atom is 0.257 e. The maximum absolute atomic E-state index is 11.9. The second-order valence-corrected chi connectivity index (χ2v) is 6.61. The number of benzene rings is 1. The summed E-state index contributed by atoms with van der Waals surface area (Å²) in [6.45, 7) is 2.92. The Labute approximate surface area is 167 Å². The predicted octanol–water partition coefficient (Wildman–Crippen LogP) is 3.78. The smallest absolute Gasteiger partial charge is 0.257 e. The number of rotatable bonds is 8. The molecule has 0 aliphatic rings. The lowest BCUT2D eigenvalue weighted by Crippen LogP contribution is -2.30. The molecule has 142 valence electrons. The quantitative estimate of drug-likeness (QED) is 0.616. The van der Waals surface area contributed by atoms with Gasteiger partial charge in [0.25, 0.3) is 5.91 Å². The summed E-state index contributed by atoms with van der Waals surface area (Å²) in [6.07, 6.45) is 4.16. The monoisotopic (exact) mass is 407 g/mol. The molecule has 0 fully saturated rings. The standard InChI is InChI=1S/C19H19Cl2N3O3/c1-2-26-15-3-5-16(6-4-15)27-12-18(25)22-8-7-14-11-24-10-13(20)9-17(21)19(24)23-14/h3-6,9-11H,2,7-8,12H2,1H3,(H,22,25). The van der Waals surface area contributed by atoms with Crippen molar-refractivity contribution in [3.8, 4) is 11.5 Å². The van der Waals surface area contributed by atoms with Crippen LogP contribution in [0.4, 0.5) is 0 Å². The van der Waals surface area contributed by atoms with Gasteiger partial charge in [-0.15, -0.1) is 0 Å². The Morgan fingerprint density at radius 3 is 2.56 bits per heavy atom. The van der Waals surface area contributed by atoms with E-state index in [1.807, 2.05) is 13.1 Å². The summed E-state index contributed by atoms with van der Waals surface area (Å²) in [5.41, 5.74) is 1.45. The van der Waals surface area contributed by atoms with Crippen LogP contribution in [0.3, 0.4) is 0 Å². The molecule has 0 bridgehead atoms. The number of fused-ring (bicyclic) bond motifs is 1. The second kappa shape index (κ2) is 8.97. The summed E-state index contributed by atoms with van der Waals surface area (Å²) in [4.78, 5) is 16.4. The number of imidazole rings is 1. The number of hydrogen-bond donors (Lipinski definition) is 1. The summed E-state index contributed by atoms with van der Waals surface area (Å²) < 4.78 is 12.6. The van der Waals surface area contributed by atoms with Crippen LogP contribution in [0.1, 0.15) is 12.6 Å². The van der Waals surface area contributed by atoms with Crippen LogP contribution < -0.4 is 14.8 Å². The normalized spacial score (nSPS) is 10.8. The lowest BCUT2D eigenvalue weighted by molar-refractivity contribution is -0.123. The van der Waals surface area contributed by atoms with Crippen molar-refractivity contribution in [2.45, 2.75) is 13.3 Å². The van der Waals surface area contributed by atoms with Gasteiger partial charge in [0.2, 0.25) is 0 Å². The Hall–Kier alpha value is -2.44. The fraction of sp³-hybridized carbons (Fsp3) is 0.263. The molecule has 1 N–H and O–H groups in total. The van der Waals surface area contributed by atoms with Crippen molar-refractivity contribution < 1.29 is 14.3 Å². The molecule has 3 rings (SSSR count). The molecule has 27 heavy (non-hydrogen) atoms. The Morgan fingerprint density at radius 2 is 1.85 bits per heavy atom. The van der Waals surface area contributed by atoms with E-state index < -0.39 is 0 Å². The van der Waals surface area contributed by atoms with Gasteiger partial charge in [-0.3, -0.25) is 4.79 Å². The molecule has 8 heteroatoms. The van der Waals surface area contributed by atoms with Crippen LogP contribution in [0.15, 0.2) is 42.7 Å². The molecule has 1 amide bonds. The van der Waals surface area contributed by atoms with E-state index in [2.05, 4.69) is 10.3 Å². The third kappa shape index (κ3) is 5.28. The highest BCUT2D eigenvalue weighted by molar-refractivity contribution is 6.36. The first-order valence-corrected chi connectivity index (χ1v) is 9.25. The minimum Gasteiger partial charge on any atom is -0.494 e. The molecule has 0 aliphatic carbocycles. The predicted molar refractivity (Wildman–Crippen MR) is 105 cm³/mol. The number of hydrogen-bond acceptors (Lipinski definition) is 4. The van der Waals surface area contributed by atoms with Crippen LogP contribution in [0.5, 0.6) is 11.5 Å². The highest BCUT2D eigenvalue weighted by Crippen LogP contribution is 2.22. The van der Waals surface area contributed by atoms with E-state index in [1.54, 1.807) is 40.9 Å². The summed E-state index contributed by atoms with van der Waals surface area (Å²) in [5, 5.41) is 3.83. The fourth-order valence-electron chi connectivity index (χ4n) is 2.52. The van der Waals surface area contributed by atoms with Crippen molar-refractivity contribution >= 4 is 34.8 Å². The summed E-state index contributed by atoms with van der Waals surface area (Å²) >= 11 is 12.1. The Balaban J connectivity index is 1.45. The van der Waals surface area contributed by atoms with Crippen LogP contribution in [-0.2, 0) is 11.2 Å². The van der Waals surface area contributed by atoms with Gasteiger partial charge < -0.3 is 19.2 Å². The van der Waals surface area contributed by atoms with Crippen molar-refractivity contribution in [2.75, 3.05) is 19.8 Å². The van der Waals surface area contributed by atoms with Gasteiger partial charge in [0.05, 0.1) is 22.3 Å². The fourth-order valence-corrected chi connectivity index (χ4v) is 3.05. The molecule has 1 aromatic carbocycles. The molecule has 2 aromatic heterocycles. The number of aromatic nitrogens is 2. The highest BCUT2D eigenvalue weighted by atomic mass is 35.5. The van der Waals surface area contributed by atoms with Gasteiger partial charge in [0.1, 0.15) is 11.5 Å². The molecule has 0 unspecified atom stereocenters. The van der Waals surface area contributed by atoms with Crippen molar-refractivity contribution in [2.24, 2.45) is 0 Å². The van der Waals surface area contributed by atoms with Crippen molar-refractivity contribution in [1.82, 2.24) is 14.7 Å². The number of ether oxygens (including phenoxy) is 2. The molecule has 0 saturated carbocycles. The first kappa shape index (κ1) is 19.3. The number of carbonyl (C=O) groups excluding carboxylic acids is 1.